The van der Waals surface area contributed by atoms with Crippen LogP contribution in [0.3, 0.4) is 0 Å². The van der Waals surface area contributed by atoms with Gasteiger partial charge in [-0.1, -0.05) is 42.8 Å². The zero-order chi connectivity index (χ0) is 15.4. The average Bonchev–Trinajstić information content (AvgIpc) is 2.50. The van der Waals surface area contributed by atoms with Gasteiger partial charge in [-0.15, -0.1) is 0 Å². The molecule has 0 aliphatic rings. The largest absolute Gasteiger partial charge is 0.337 e. The number of hydrogen-bond acceptors (Lipinski definition) is 1. The minimum Gasteiger partial charge on any atom is -0.337 e. The van der Waals surface area contributed by atoms with Crippen LogP contribution in [-0.2, 0) is 13.0 Å². The van der Waals surface area contributed by atoms with E-state index in [2.05, 4.69) is 47.1 Å². The highest BCUT2D eigenvalue weighted by atomic mass is 79.9. The van der Waals surface area contributed by atoms with Gasteiger partial charge in [0.1, 0.15) is 0 Å². The van der Waals surface area contributed by atoms with Crippen LogP contribution < -0.4 is 0 Å². The summed E-state index contributed by atoms with van der Waals surface area (Å²) in [6, 6.07) is 13.6. The lowest BCUT2D eigenvalue weighted by Crippen LogP contribution is -2.26. The van der Waals surface area contributed by atoms with Crippen molar-refractivity contribution in [3.8, 4) is 0 Å². The summed E-state index contributed by atoms with van der Waals surface area (Å²) >= 11 is 9.36. The monoisotopic (exact) mass is 365 g/mol. The molecule has 0 N–H and O–H groups in total. The molecule has 0 fully saturated rings. The standard InChI is InChI=1S/C17H17BrClNO/c1-3-12-4-6-13(7-5-12)11-20(2)17(21)14-8-9-15(18)16(19)10-14/h4-10H,3,11H2,1-2H3. The molecule has 0 saturated heterocycles. The van der Waals surface area contributed by atoms with Crippen molar-refractivity contribution in [1.82, 2.24) is 4.90 Å². The lowest BCUT2D eigenvalue weighted by atomic mass is 10.1. The van der Waals surface area contributed by atoms with Gasteiger partial charge < -0.3 is 4.90 Å². The van der Waals surface area contributed by atoms with Gasteiger partial charge in [0.15, 0.2) is 0 Å². The Morgan fingerprint density at radius 1 is 1.14 bits per heavy atom. The van der Waals surface area contributed by atoms with Crippen molar-refractivity contribution < 1.29 is 4.79 Å². The minimum atomic E-state index is -0.0380. The molecule has 0 unspecified atom stereocenters. The molecule has 2 aromatic rings. The van der Waals surface area contributed by atoms with Crippen LogP contribution in [0.2, 0.25) is 5.02 Å². The maximum absolute atomic E-state index is 12.4. The van der Waals surface area contributed by atoms with E-state index >= 15 is 0 Å². The molecule has 21 heavy (non-hydrogen) atoms. The number of carbonyl (C=O) groups is 1. The number of amides is 1. The molecular weight excluding hydrogens is 350 g/mol. The Balaban J connectivity index is 2.09. The molecular formula is C17H17BrClNO. The Morgan fingerprint density at radius 3 is 2.33 bits per heavy atom. The van der Waals surface area contributed by atoms with E-state index in [1.165, 1.54) is 5.56 Å². The zero-order valence-electron chi connectivity index (χ0n) is 12.1. The van der Waals surface area contributed by atoms with Crippen LogP contribution in [0.25, 0.3) is 0 Å². The van der Waals surface area contributed by atoms with Crippen LogP contribution in [0.5, 0.6) is 0 Å². The summed E-state index contributed by atoms with van der Waals surface area (Å²) < 4.78 is 0.790. The van der Waals surface area contributed by atoms with E-state index in [1.54, 1.807) is 30.1 Å². The van der Waals surface area contributed by atoms with Gasteiger partial charge in [-0.05, 0) is 51.7 Å². The molecule has 2 aromatic carbocycles. The third kappa shape index (κ3) is 4.08. The number of benzene rings is 2. The summed E-state index contributed by atoms with van der Waals surface area (Å²) in [5.41, 5.74) is 3.01. The van der Waals surface area contributed by atoms with Crippen molar-refractivity contribution in [2.75, 3.05) is 7.05 Å². The maximum Gasteiger partial charge on any atom is 0.253 e. The van der Waals surface area contributed by atoms with Gasteiger partial charge in [0.2, 0.25) is 0 Å². The van der Waals surface area contributed by atoms with Gasteiger partial charge in [0.05, 0.1) is 5.02 Å². The van der Waals surface area contributed by atoms with E-state index < -0.39 is 0 Å². The van der Waals surface area contributed by atoms with E-state index in [4.69, 9.17) is 11.6 Å². The van der Waals surface area contributed by atoms with E-state index in [0.717, 1.165) is 16.5 Å². The second kappa shape index (κ2) is 7.10. The lowest BCUT2D eigenvalue weighted by molar-refractivity contribution is 0.0785. The minimum absolute atomic E-state index is 0.0380. The van der Waals surface area contributed by atoms with Crippen LogP contribution in [0, 0.1) is 0 Å². The molecule has 0 radical (unpaired) electrons. The summed E-state index contributed by atoms with van der Waals surface area (Å²) in [5, 5.41) is 0.543. The SMILES string of the molecule is CCc1ccc(CN(C)C(=O)c2ccc(Br)c(Cl)c2)cc1. The Bertz CT molecular complexity index is 640. The quantitative estimate of drug-likeness (QED) is 0.750. The summed E-state index contributed by atoms with van der Waals surface area (Å²) in [6.45, 7) is 2.71. The lowest BCUT2D eigenvalue weighted by Gasteiger charge is -2.18. The molecule has 0 aliphatic heterocycles. The van der Waals surface area contributed by atoms with Gasteiger partial charge in [-0.3, -0.25) is 4.79 Å². The molecule has 2 nitrogen and oxygen atoms in total. The van der Waals surface area contributed by atoms with Crippen molar-refractivity contribution in [2.45, 2.75) is 19.9 Å². The number of halogens is 2. The van der Waals surface area contributed by atoms with Gasteiger partial charge in [-0.25, -0.2) is 0 Å². The number of nitrogens with zero attached hydrogens (tertiary/aromatic N) is 1. The molecule has 0 heterocycles. The third-order valence-corrected chi connectivity index (χ3v) is 4.60. The Kier molecular flexibility index (Phi) is 5.43. The topological polar surface area (TPSA) is 20.3 Å². The smallest absolute Gasteiger partial charge is 0.253 e. The highest BCUT2D eigenvalue weighted by molar-refractivity contribution is 9.10. The Morgan fingerprint density at radius 2 is 1.76 bits per heavy atom. The number of carbonyl (C=O) groups excluding carboxylic acids is 1. The molecule has 4 heteroatoms. The fourth-order valence-electron chi connectivity index (χ4n) is 2.08. The highest BCUT2D eigenvalue weighted by Gasteiger charge is 2.13. The van der Waals surface area contributed by atoms with Crippen LogP contribution in [-0.4, -0.2) is 17.9 Å². The maximum atomic E-state index is 12.4. The molecule has 110 valence electrons. The number of hydrogen-bond donors (Lipinski definition) is 0. The number of rotatable bonds is 4. The first-order valence-electron chi connectivity index (χ1n) is 6.79. The van der Waals surface area contributed by atoms with Gasteiger partial charge in [0, 0.05) is 23.6 Å². The van der Waals surface area contributed by atoms with Crippen LogP contribution >= 0.6 is 27.5 Å². The van der Waals surface area contributed by atoms with E-state index in [0.29, 0.717) is 17.1 Å². The Hall–Kier alpha value is -1.32. The fourth-order valence-corrected chi connectivity index (χ4v) is 2.50. The van der Waals surface area contributed by atoms with Crippen molar-refractivity contribution >= 4 is 33.4 Å². The molecule has 0 aromatic heterocycles. The summed E-state index contributed by atoms with van der Waals surface area (Å²) in [5.74, 6) is -0.0380. The van der Waals surface area contributed by atoms with Crippen LogP contribution in [0.4, 0.5) is 0 Å². The highest BCUT2D eigenvalue weighted by Crippen LogP contribution is 2.24. The zero-order valence-corrected chi connectivity index (χ0v) is 14.4. The molecule has 0 bridgehead atoms. The van der Waals surface area contributed by atoms with Gasteiger partial charge in [-0.2, -0.15) is 0 Å². The van der Waals surface area contributed by atoms with E-state index in [1.807, 2.05) is 0 Å². The van der Waals surface area contributed by atoms with Crippen molar-refractivity contribution in [3.63, 3.8) is 0 Å². The molecule has 0 spiro atoms. The van der Waals surface area contributed by atoms with Crippen LogP contribution in [0.15, 0.2) is 46.9 Å². The van der Waals surface area contributed by atoms with E-state index in [9.17, 15) is 4.79 Å². The van der Waals surface area contributed by atoms with Crippen molar-refractivity contribution in [3.05, 3.63) is 68.7 Å². The predicted octanol–water partition coefficient (Wildman–Crippen LogP) is 4.94. The first-order valence-corrected chi connectivity index (χ1v) is 7.96. The summed E-state index contributed by atoms with van der Waals surface area (Å²) in [4.78, 5) is 14.1. The Labute approximate surface area is 138 Å². The summed E-state index contributed by atoms with van der Waals surface area (Å²) in [7, 11) is 1.80. The predicted molar refractivity (Wildman–Crippen MR) is 90.8 cm³/mol. The third-order valence-electron chi connectivity index (χ3n) is 3.36. The van der Waals surface area contributed by atoms with Gasteiger partial charge in [0.25, 0.3) is 5.91 Å². The molecule has 1 amide bonds. The number of aryl methyl sites for hydroxylation is 1. The first kappa shape index (κ1) is 16.1. The van der Waals surface area contributed by atoms with Crippen molar-refractivity contribution in [2.24, 2.45) is 0 Å². The fraction of sp³-hybridized carbons (Fsp3) is 0.235. The second-order valence-corrected chi connectivity index (χ2v) is 6.22. The van der Waals surface area contributed by atoms with Gasteiger partial charge >= 0.3 is 0 Å². The second-order valence-electron chi connectivity index (χ2n) is 4.96. The normalized spacial score (nSPS) is 10.5. The molecule has 2 rings (SSSR count). The molecule has 0 saturated carbocycles. The average molecular weight is 367 g/mol. The van der Waals surface area contributed by atoms with Crippen molar-refractivity contribution in [1.29, 1.82) is 0 Å². The molecule has 0 aliphatic carbocycles. The van der Waals surface area contributed by atoms with Crippen LogP contribution in [0.1, 0.15) is 28.4 Å². The molecule has 0 atom stereocenters. The van der Waals surface area contributed by atoms with E-state index in [-0.39, 0.29) is 5.91 Å². The first-order chi connectivity index (χ1) is 10.0. The summed E-state index contributed by atoms with van der Waals surface area (Å²) in [6.07, 6.45) is 1.02.